The van der Waals surface area contributed by atoms with Crippen molar-refractivity contribution in [1.29, 1.82) is 0 Å². The average Bonchev–Trinajstić information content (AvgIpc) is 3.87. The van der Waals surface area contributed by atoms with Crippen molar-refractivity contribution in [2.75, 3.05) is 7.11 Å². The molecule has 4 aromatic carbocycles. The monoisotopic (exact) mass is 611 g/mol. The van der Waals surface area contributed by atoms with Gasteiger partial charge in [0.15, 0.2) is 0 Å². The number of carbonyl (C=O) groups is 2. The van der Waals surface area contributed by atoms with Gasteiger partial charge < -0.3 is 15.0 Å². The number of amides is 2. The molecule has 0 radical (unpaired) electrons. The number of ether oxygens (including phenoxy) is 1. The fourth-order valence-corrected chi connectivity index (χ4v) is 6.36. The zero-order valence-corrected chi connectivity index (χ0v) is 25.5. The summed E-state index contributed by atoms with van der Waals surface area (Å²) < 4.78 is 33.3. The van der Waals surface area contributed by atoms with E-state index in [1.54, 1.807) is 36.3 Å². The van der Waals surface area contributed by atoms with Crippen molar-refractivity contribution >= 4 is 21.8 Å². The first-order valence-electron chi connectivity index (χ1n) is 14.7. The highest BCUT2D eigenvalue weighted by molar-refractivity contribution is 7.89. The summed E-state index contributed by atoms with van der Waals surface area (Å²) in [7, 11) is -1.96. The third-order valence-corrected chi connectivity index (χ3v) is 9.13. The van der Waals surface area contributed by atoms with E-state index >= 15 is 0 Å². The Morgan fingerprint density at radius 1 is 0.841 bits per heavy atom. The van der Waals surface area contributed by atoms with Crippen molar-refractivity contribution in [3.63, 3.8) is 0 Å². The minimum atomic E-state index is -3.55. The number of sulfonamides is 1. The zero-order chi connectivity index (χ0) is 30.9. The number of para-hydroxylation sites is 1. The summed E-state index contributed by atoms with van der Waals surface area (Å²) in [6.45, 7) is 0.482. The molecule has 1 atom stereocenters. The quantitative estimate of drug-likeness (QED) is 0.205. The Kier molecular flexibility index (Phi) is 10.1. The van der Waals surface area contributed by atoms with Gasteiger partial charge in [-0.1, -0.05) is 91.0 Å². The molecule has 0 heterocycles. The van der Waals surface area contributed by atoms with E-state index in [-0.39, 0.29) is 42.3 Å². The Balaban J connectivity index is 1.37. The van der Waals surface area contributed by atoms with Crippen molar-refractivity contribution in [1.82, 2.24) is 14.9 Å². The fourth-order valence-electron chi connectivity index (χ4n) is 5.06. The molecule has 0 bridgehead atoms. The minimum absolute atomic E-state index is 0.0254. The molecule has 1 saturated carbocycles. The van der Waals surface area contributed by atoms with E-state index in [1.807, 2.05) is 84.9 Å². The van der Waals surface area contributed by atoms with E-state index in [2.05, 4.69) is 10.0 Å². The minimum Gasteiger partial charge on any atom is -0.496 e. The molecule has 4 aromatic rings. The normalized spacial score (nSPS) is 13.6. The molecule has 1 fully saturated rings. The molecule has 9 heteroatoms. The number of nitrogens with zero attached hydrogens (tertiary/aromatic N) is 1. The molecule has 8 nitrogen and oxygen atoms in total. The van der Waals surface area contributed by atoms with Crippen LogP contribution in [0, 0.1) is 0 Å². The van der Waals surface area contributed by atoms with Gasteiger partial charge in [0.2, 0.25) is 21.8 Å². The van der Waals surface area contributed by atoms with Crippen LogP contribution in [0.2, 0.25) is 0 Å². The van der Waals surface area contributed by atoms with Gasteiger partial charge >= 0.3 is 0 Å². The number of nitrogens with one attached hydrogen (secondary N) is 2. The highest BCUT2D eigenvalue weighted by Crippen LogP contribution is 2.27. The van der Waals surface area contributed by atoms with Gasteiger partial charge in [0.1, 0.15) is 11.8 Å². The predicted molar refractivity (Wildman–Crippen MR) is 169 cm³/mol. The molecule has 44 heavy (non-hydrogen) atoms. The van der Waals surface area contributed by atoms with Crippen LogP contribution in [0.15, 0.2) is 114 Å². The lowest BCUT2D eigenvalue weighted by molar-refractivity contribution is -0.141. The van der Waals surface area contributed by atoms with Crippen LogP contribution in [0.5, 0.6) is 5.75 Å². The first-order valence-corrected chi connectivity index (χ1v) is 16.2. The standard InChI is InChI=1S/C35H37N3O5S/c1-43-32-15-9-8-14-29(32)24-36-35(40)34(28-12-6-3-7-13-28)38(25-27-10-4-2-5-11-27)33(39)23-18-26-16-21-31(22-17-26)44(41,42)37-30-19-20-30/h2-17,21-22,30,34,37H,18-20,23-25H2,1H3,(H,36,40)/t34-/m0/s1. The summed E-state index contributed by atoms with van der Waals surface area (Å²) in [5.41, 5.74) is 3.26. The molecule has 2 amide bonds. The second kappa shape index (κ2) is 14.3. The fraction of sp³-hybridized carbons (Fsp3) is 0.257. The third kappa shape index (κ3) is 8.12. The van der Waals surface area contributed by atoms with Crippen LogP contribution in [0.3, 0.4) is 0 Å². The number of methoxy groups -OCH3 is 1. The molecular formula is C35H37N3O5S. The summed E-state index contributed by atoms with van der Waals surface area (Å²) in [6, 6.07) is 32.2. The number of hydrogen-bond acceptors (Lipinski definition) is 5. The lowest BCUT2D eigenvalue weighted by Gasteiger charge is -2.32. The largest absolute Gasteiger partial charge is 0.496 e. The number of carbonyl (C=O) groups excluding carboxylic acids is 2. The number of benzene rings is 4. The van der Waals surface area contributed by atoms with Gasteiger partial charge in [-0.05, 0) is 54.2 Å². The molecular weight excluding hydrogens is 574 g/mol. The number of rotatable bonds is 14. The molecule has 2 N–H and O–H groups in total. The molecule has 0 saturated heterocycles. The lowest BCUT2D eigenvalue weighted by atomic mass is 10.0. The molecule has 5 rings (SSSR count). The first kappa shape index (κ1) is 31.0. The zero-order valence-electron chi connectivity index (χ0n) is 24.7. The molecule has 1 aliphatic carbocycles. The third-order valence-electron chi connectivity index (χ3n) is 7.60. The van der Waals surface area contributed by atoms with Gasteiger partial charge in [-0.15, -0.1) is 0 Å². The molecule has 1 aliphatic rings. The van der Waals surface area contributed by atoms with E-state index in [4.69, 9.17) is 4.74 Å². The van der Waals surface area contributed by atoms with Crippen LogP contribution < -0.4 is 14.8 Å². The lowest BCUT2D eigenvalue weighted by Crippen LogP contribution is -2.43. The molecule has 0 aromatic heterocycles. The van der Waals surface area contributed by atoms with Crippen LogP contribution in [0.1, 0.15) is 47.6 Å². The van der Waals surface area contributed by atoms with Gasteiger partial charge in [0, 0.05) is 31.1 Å². The van der Waals surface area contributed by atoms with E-state index in [1.165, 1.54) is 0 Å². The highest BCUT2D eigenvalue weighted by Gasteiger charge is 2.32. The van der Waals surface area contributed by atoms with Crippen molar-refractivity contribution in [3.8, 4) is 5.75 Å². The van der Waals surface area contributed by atoms with Crippen LogP contribution in [-0.2, 0) is 39.1 Å². The first-order chi connectivity index (χ1) is 21.3. The van der Waals surface area contributed by atoms with Crippen LogP contribution in [0.4, 0.5) is 0 Å². The average molecular weight is 612 g/mol. The second-order valence-electron chi connectivity index (χ2n) is 10.9. The van der Waals surface area contributed by atoms with Gasteiger partial charge in [0.25, 0.3) is 0 Å². The van der Waals surface area contributed by atoms with Crippen molar-refractivity contribution < 1.29 is 22.7 Å². The van der Waals surface area contributed by atoms with Crippen molar-refractivity contribution in [3.05, 3.63) is 131 Å². The van der Waals surface area contributed by atoms with Crippen molar-refractivity contribution in [2.45, 2.75) is 55.8 Å². The van der Waals surface area contributed by atoms with Crippen LogP contribution >= 0.6 is 0 Å². The maximum Gasteiger partial charge on any atom is 0.247 e. The van der Waals surface area contributed by atoms with E-state index in [9.17, 15) is 18.0 Å². The summed E-state index contributed by atoms with van der Waals surface area (Å²) in [4.78, 5) is 29.8. The molecule has 228 valence electrons. The molecule has 0 spiro atoms. The van der Waals surface area contributed by atoms with Crippen molar-refractivity contribution in [2.24, 2.45) is 0 Å². The summed E-state index contributed by atoms with van der Waals surface area (Å²) >= 11 is 0. The van der Waals surface area contributed by atoms with Gasteiger partial charge in [-0.25, -0.2) is 13.1 Å². The van der Waals surface area contributed by atoms with Crippen LogP contribution in [-0.4, -0.2) is 38.3 Å². The molecule has 0 aliphatic heterocycles. The Morgan fingerprint density at radius 2 is 1.48 bits per heavy atom. The van der Waals surface area contributed by atoms with Gasteiger partial charge in [-0.2, -0.15) is 0 Å². The maximum atomic E-state index is 14.0. The van der Waals surface area contributed by atoms with Crippen LogP contribution in [0.25, 0.3) is 0 Å². The Hall–Kier alpha value is -4.47. The van der Waals surface area contributed by atoms with E-state index in [0.29, 0.717) is 17.7 Å². The van der Waals surface area contributed by atoms with E-state index in [0.717, 1.165) is 29.5 Å². The summed E-state index contributed by atoms with van der Waals surface area (Å²) in [5, 5.41) is 3.03. The highest BCUT2D eigenvalue weighted by atomic mass is 32.2. The van der Waals surface area contributed by atoms with Gasteiger partial charge in [0.05, 0.1) is 12.0 Å². The Bertz CT molecular complexity index is 1660. The van der Waals surface area contributed by atoms with Gasteiger partial charge in [-0.3, -0.25) is 9.59 Å². The number of aryl methyl sites for hydroxylation is 1. The smallest absolute Gasteiger partial charge is 0.247 e. The summed E-state index contributed by atoms with van der Waals surface area (Å²) in [6.07, 6.45) is 2.26. The van der Waals surface area contributed by atoms with E-state index < -0.39 is 16.1 Å². The summed E-state index contributed by atoms with van der Waals surface area (Å²) in [5.74, 6) is 0.176. The predicted octanol–water partition coefficient (Wildman–Crippen LogP) is 5.16. The maximum absolute atomic E-state index is 14.0. The second-order valence-corrected chi connectivity index (χ2v) is 12.6. The SMILES string of the molecule is COc1ccccc1CNC(=O)[C@H](c1ccccc1)N(Cc1ccccc1)C(=O)CCc1ccc(S(=O)(=O)NC2CC2)cc1. The Morgan fingerprint density at radius 3 is 2.14 bits per heavy atom. The Labute approximate surface area is 259 Å². The topological polar surface area (TPSA) is 105 Å². The number of hydrogen-bond donors (Lipinski definition) is 2. The molecule has 0 unspecified atom stereocenters.